The Kier molecular flexibility index (Phi) is 5.64. The normalized spacial score (nSPS) is 11.9. The van der Waals surface area contributed by atoms with Gasteiger partial charge in [0, 0.05) is 18.0 Å². The third kappa shape index (κ3) is 4.04. The van der Waals surface area contributed by atoms with Gasteiger partial charge in [0.05, 0.1) is 0 Å². The minimum Gasteiger partial charge on any atom is -0.264 e. The van der Waals surface area contributed by atoms with Crippen molar-refractivity contribution in [1.82, 2.24) is 4.98 Å². The first kappa shape index (κ1) is 16.9. The Morgan fingerprint density at radius 2 is 2.00 bits per heavy atom. The molecule has 1 aromatic heterocycles. The van der Waals surface area contributed by atoms with Crippen LogP contribution in [-0.4, -0.2) is 4.98 Å². The van der Waals surface area contributed by atoms with Crippen molar-refractivity contribution in [1.29, 1.82) is 0 Å². The van der Waals surface area contributed by atoms with E-state index in [0.717, 1.165) is 23.1 Å². The summed E-state index contributed by atoms with van der Waals surface area (Å²) in [7, 11) is 0. The number of hydrogen-bond acceptors (Lipinski definition) is 1. The second-order valence-corrected chi connectivity index (χ2v) is 5.44. The van der Waals surface area contributed by atoms with Gasteiger partial charge in [-0.3, -0.25) is 4.98 Å². The van der Waals surface area contributed by atoms with Crippen molar-refractivity contribution >= 4 is 5.57 Å². The van der Waals surface area contributed by atoms with E-state index < -0.39 is 5.83 Å². The number of hydrogen-bond donors (Lipinski definition) is 0. The van der Waals surface area contributed by atoms with Crippen LogP contribution in [0.25, 0.3) is 16.7 Å². The Labute approximate surface area is 137 Å². The Morgan fingerprint density at radius 1 is 1.22 bits per heavy atom. The maximum Gasteiger partial charge on any atom is 0.116 e. The van der Waals surface area contributed by atoms with E-state index in [1.165, 1.54) is 22.8 Å². The molecular formula is C21H22FN. The van der Waals surface area contributed by atoms with Gasteiger partial charge in [-0.2, -0.15) is 0 Å². The van der Waals surface area contributed by atoms with Crippen molar-refractivity contribution in [3.63, 3.8) is 0 Å². The lowest BCUT2D eigenvalue weighted by Crippen LogP contribution is -1.93. The van der Waals surface area contributed by atoms with Gasteiger partial charge >= 0.3 is 0 Å². The van der Waals surface area contributed by atoms with E-state index in [0.29, 0.717) is 0 Å². The second kappa shape index (κ2) is 7.68. The summed E-state index contributed by atoms with van der Waals surface area (Å²) in [6.45, 7) is 9.45. The molecule has 1 heterocycles. The maximum atomic E-state index is 12.9. The number of aryl methyl sites for hydroxylation is 2. The van der Waals surface area contributed by atoms with Gasteiger partial charge in [0.25, 0.3) is 0 Å². The lowest BCUT2D eigenvalue weighted by molar-refractivity contribution is 0.671. The summed E-state index contributed by atoms with van der Waals surface area (Å²) >= 11 is 0. The fraction of sp³-hybridized carbons (Fsp3) is 0.190. The largest absolute Gasteiger partial charge is 0.264 e. The molecule has 0 unspecified atom stereocenters. The first-order valence-corrected chi connectivity index (χ1v) is 7.80. The van der Waals surface area contributed by atoms with Crippen molar-refractivity contribution in [3.05, 3.63) is 84.0 Å². The first-order chi connectivity index (χ1) is 11.1. The van der Waals surface area contributed by atoms with Gasteiger partial charge in [-0.15, -0.1) is 0 Å². The Morgan fingerprint density at radius 3 is 2.61 bits per heavy atom. The molecule has 0 N–H and O–H groups in total. The van der Waals surface area contributed by atoms with Crippen molar-refractivity contribution in [2.45, 2.75) is 27.2 Å². The zero-order valence-corrected chi connectivity index (χ0v) is 13.9. The summed E-state index contributed by atoms with van der Waals surface area (Å²) in [4.78, 5) is 4.25. The highest BCUT2D eigenvalue weighted by molar-refractivity contribution is 5.78. The molecule has 0 radical (unpaired) electrons. The molecule has 2 heteroatoms. The molecule has 23 heavy (non-hydrogen) atoms. The quantitative estimate of drug-likeness (QED) is 0.612. The molecule has 0 spiro atoms. The number of halogens is 1. The molecule has 0 aliphatic heterocycles. The molecule has 1 aromatic carbocycles. The highest BCUT2D eigenvalue weighted by Gasteiger charge is 2.09. The van der Waals surface area contributed by atoms with Crippen LogP contribution in [0, 0.1) is 6.92 Å². The smallest absolute Gasteiger partial charge is 0.116 e. The number of rotatable bonds is 5. The zero-order valence-electron chi connectivity index (χ0n) is 13.9. The van der Waals surface area contributed by atoms with Crippen LogP contribution >= 0.6 is 0 Å². The van der Waals surface area contributed by atoms with E-state index in [1.54, 1.807) is 6.08 Å². The van der Waals surface area contributed by atoms with Crippen molar-refractivity contribution < 1.29 is 4.39 Å². The Hall–Kier alpha value is -2.48. The summed E-state index contributed by atoms with van der Waals surface area (Å²) in [5.41, 5.74) is 6.88. The Balaban J connectivity index is 2.48. The predicted octanol–water partition coefficient (Wildman–Crippen LogP) is 6.06. The third-order valence-electron chi connectivity index (χ3n) is 3.90. The van der Waals surface area contributed by atoms with E-state index in [-0.39, 0.29) is 0 Å². The van der Waals surface area contributed by atoms with E-state index in [1.807, 2.05) is 31.5 Å². The number of pyridine rings is 1. The average Bonchev–Trinajstić information content (AvgIpc) is 2.55. The van der Waals surface area contributed by atoms with E-state index in [9.17, 15) is 4.39 Å². The summed E-state index contributed by atoms with van der Waals surface area (Å²) in [6.07, 6.45) is 9.77. The summed E-state index contributed by atoms with van der Waals surface area (Å²) in [5, 5.41) is 0. The molecule has 1 nitrogen and oxygen atoms in total. The molecule has 2 aromatic rings. The third-order valence-corrected chi connectivity index (χ3v) is 3.90. The molecule has 118 valence electrons. The van der Waals surface area contributed by atoms with E-state index >= 15 is 0 Å². The van der Waals surface area contributed by atoms with Crippen LogP contribution in [0.1, 0.15) is 30.5 Å². The minimum absolute atomic E-state index is 0.442. The first-order valence-electron chi connectivity index (χ1n) is 7.80. The standard InChI is InChI=1S/C21H22FN/c1-5-17(8-7-16(4)22)19-9-10-20(18(6-2)13-19)21-14-23-12-11-15(21)3/h5,7-14H,4,6H2,1-3H3/b8-7-,17-5?. The van der Waals surface area contributed by atoms with Crippen molar-refractivity contribution in [2.75, 3.05) is 0 Å². The number of nitrogens with zero attached hydrogens (tertiary/aromatic N) is 1. The van der Waals surface area contributed by atoms with Crippen LogP contribution in [0.5, 0.6) is 0 Å². The van der Waals surface area contributed by atoms with Crippen LogP contribution < -0.4 is 0 Å². The monoisotopic (exact) mass is 307 g/mol. The number of benzene rings is 1. The van der Waals surface area contributed by atoms with E-state index in [4.69, 9.17) is 0 Å². The molecule has 0 bridgehead atoms. The van der Waals surface area contributed by atoms with Gasteiger partial charge in [0.15, 0.2) is 0 Å². The summed E-state index contributed by atoms with van der Waals surface area (Å²) < 4.78 is 12.9. The van der Waals surface area contributed by atoms with Gasteiger partial charge in [0.1, 0.15) is 5.83 Å². The molecular weight excluding hydrogens is 285 g/mol. The molecule has 0 amide bonds. The van der Waals surface area contributed by atoms with Crippen molar-refractivity contribution in [2.24, 2.45) is 0 Å². The SMILES string of the molecule is C=C(F)/C=C\C(=CC)c1ccc(-c2cnccc2C)c(CC)c1. The Bertz CT molecular complexity index is 769. The minimum atomic E-state index is -0.442. The number of aromatic nitrogens is 1. The van der Waals surface area contributed by atoms with Gasteiger partial charge in [-0.05, 0) is 60.2 Å². The molecule has 0 fully saturated rings. The van der Waals surface area contributed by atoms with Crippen LogP contribution in [0.2, 0.25) is 0 Å². The highest BCUT2D eigenvalue weighted by atomic mass is 19.1. The van der Waals surface area contributed by atoms with Crippen LogP contribution in [-0.2, 0) is 6.42 Å². The molecule has 0 saturated heterocycles. The van der Waals surface area contributed by atoms with Crippen molar-refractivity contribution in [3.8, 4) is 11.1 Å². The second-order valence-electron chi connectivity index (χ2n) is 5.44. The lowest BCUT2D eigenvalue weighted by Gasteiger charge is -2.13. The predicted molar refractivity (Wildman–Crippen MR) is 96.8 cm³/mol. The zero-order chi connectivity index (χ0) is 16.8. The fourth-order valence-corrected chi connectivity index (χ4v) is 2.61. The van der Waals surface area contributed by atoms with Gasteiger partial charge < -0.3 is 0 Å². The molecule has 0 atom stereocenters. The van der Waals surface area contributed by atoms with Gasteiger partial charge in [-0.25, -0.2) is 4.39 Å². The lowest BCUT2D eigenvalue weighted by atomic mass is 9.92. The van der Waals surface area contributed by atoms with Crippen LogP contribution in [0.15, 0.2) is 67.3 Å². The molecule has 2 rings (SSSR count). The fourth-order valence-electron chi connectivity index (χ4n) is 2.61. The highest BCUT2D eigenvalue weighted by Crippen LogP contribution is 2.29. The summed E-state index contributed by atoms with van der Waals surface area (Å²) in [5.74, 6) is -0.442. The molecule has 0 saturated carbocycles. The maximum absolute atomic E-state index is 12.9. The van der Waals surface area contributed by atoms with Gasteiger partial charge in [0.2, 0.25) is 0 Å². The topological polar surface area (TPSA) is 12.9 Å². The number of allylic oxidation sites excluding steroid dienone is 5. The van der Waals surface area contributed by atoms with Crippen LogP contribution in [0.4, 0.5) is 4.39 Å². The van der Waals surface area contributed by atoms with Gasteiger partial charge in [-0.1, -0.05) is 43.9 Å². The molecule has 0 aliphatic rings. The van der Waals surface area contributed by atoms with E-state index in [2.05, 4.69) is 43.6 Å². The average molecular weight is 307 g/mol. The van der Waals surface area contributed by atoms with Crippen LogP contribution in [0.3, 0.4) is 0 Å². The summed E-state index contributed by atoms with van der Waals surface area (Å²) in [6, 6.07) is 8.39. The molecule has 0 aliphatic carbocycles.